The van der Waals surface area contributed by atoms with Gasteiger partial charge in [-0.3, -0.25) is 9.58 Å². The van der Waals surface area contributed by atoms with Crippen molar-refractivity contribution in [3.05, 3.63) is 50.3 Å². The van der Waals surface area contributed by atoms with Crippen molar-refractivity contribution in [2.75, 3.05) is 13.2 Å². The number of piperidine rings is 1. The molecule has 11 heteroatoms. The van der Waals surface area contributed by atoms with Gasteiger partial charge >= 0.3 is 6.18 Å². The zero-order valence-electron chi connectivity index (χ0n) is 20.8. The lowest BCUT2D eigenvalue weighted by atomic mass is 9.81. The molecule has 7 nitrogen and oxygen atoms in total. The maximum Gasteiger partial charge on any atom is 0.425 e. The van der Waals surface area contributed by atoms with Crippen LogP contribution < -0.4 is 0 Å². The molecule has 3 atom stereocenters. The summed E-state index contributed by atoms with van der Waals surface area (Å²) in [6.45, 7) is 14.2. The number of halogens is 3. The number of likely N-dealkylation sites (tertiary alicyclic amines) is 1. The summed E-state index contributed by atoms with van der Waals surface area (Å²) in [4.78, 5) is 5.74. The molecule has 0 aliphatic carbocycles. The van der Waals surface area contributed by atoms with Gasteiger partial charge in [0.05, 0.1) is 38.5 Å². The number of ether oxygens (including phenoxy) is 1. The van der Waals surface area contributed by atoms with Gasteiger partial charge in [0.15, 0.2) is 0 Å². The standard InChI is InChI=1S/C25H33F3N4O3S/c1-16-9-24(21-19(5-8-35-24)20(15-33)22(36-21)25(26,27)28)6-7-31(16)12-17-11-30-32(13-17)14-18(34)10-23(2,3)29-4/h11,13,16,18,33-34H,5-10,12,14-15H2,1-3H3/t16-,18?,24+/m0/s1. The van der Waals surface area contributed by atoms with Crippen LogP contribution in [0, 0.1) is 6.57 Å². The van der Waals surface area contributed by atoms with Crippen molar-refractivity contribution in [1.29, 1.82) is 0 Å². The molecule has 2 aliphatic heterocycles. The number of rotatable bonds is 7. The van der Waals surface area contributed by atoms with E-state index in [4.69, 9.17) is 11.3 Å². The Morgan fingerprint density at radius 3 is 2.78 bits per heavy atom. The number of hydrogen-bond acceptors (Lipinski definition) is 6. The number of alkyl halides is 3. The molecule has 1 spiro atoms. The fourth-order valence-corrected chi connectivity index (χ4v) is 6.90. The quantitative estimate of drug-likeness (QED) is 0.525. The van der Waals surface area contributed by atoms with Crippen LogP contribution in [0.1, 0.15) is 66.5 Å². The van der Waals surface area contributed by atoms with Crippen LogP contribution in [-0.2, 0) is 42.6 Å². The van der Waals surface area contributed by atoms with Gasteiger partial charge in [0.2, 0.25) is 5.54 Å². The van der Waals surface area contributed by atoms with Crippen LogP contribution in [0.15, 0.2) is 12.4 Å². The van der Waals surface area contributed by atoms with Gasteiger partial charge in [-0.2, -0.15) is 18.3 Å². The maximum atomic E-state index is 13.7. The Bertz CT molecular complexity index is 1120. The first-order valence-electron chi connectivity index (χ1n) is 12.2. The predicted molar refractivity (Wildman–Crippen MR) is 129 cm³/mol. The Hall–Kier alpha value is -1.97. The van der Waals surface area contributed by atoms with Crippen LogP contribution >= 0.6 is 11.3 Å². The highest BCUT2D eigenvalue weighted by Gasteiger charge is 2.48. The SMILES string of the molecule is [C-]#[N+]C(C)(C)CC(O)Cn1cc(CN2CC[C@]3(C[C@@H]2C)OCCc2c3sc(C(F)(F)F)c2CO)cn1. The number of nitrogens with zero attached hydrogens (tertiary/aromatic N) is 4. The molecule has 0 bridgehead atoms. The number of thiophene rings is 1. The van der Waals surface area contributed by atoms with Crippen molar-refractivity contribution in [2.24, 2.45) is 0 Å². The van der Waals surface area contributed by atoms with Gasteiger partial charge in [-0.15, -0.1) is 11.3 Å². The van der Waals surface area contributed by atoms with Crippen molar-refractivity contribution in [2.45, 2.75) is 95.6 Å². The summed E-state index contributed by atoms with van der Waals surface area (Å²) in [5, 5.41) is 24.4. The molecule has 36 heavy (non-hydrogen) atoms. The smallest absolute Gasteiger partial charge is 0.392 e. The summed E-state index contributed by atoms with van der Waals surface area (Å²) in [6.07, 6.45) is 0.375. The molecule has 1 unspecified atom stereocenters. The van der Waals surface area contributed by atoms with E-state index in [-0.39, 0.29) is 11.6 Å². The van der Waals surface area contributed by atoms with E-state index in [1.54, 1.807) is 24.7 Å². The molecule has 4 rings (SSSR count). The minimum Gasteiger partial charge on any atom is -0.392 e. The van der Waals surface area contributed by atoms with Gasteiger partial charge in [-0.1, -0.05) is 0 Å². The molecule has 4 heterocycles. The van der Waals surface area contributed by atoms with Crippen LogP contribution in [0.3, 0.4) is 0 Å². The van der Waals surface area contributed by atoms with Gasteiger partial charge in [-0.05, 0) is 31.7 Å². The minimum absolute atomic E-state index is 0.00893. The van der Waals surface area contributed by atoms with E-state index in [1.165, 1.54) is 0 Å². The third-order valence-corrected chi connectivity index (χ3v) is 8.74. The molecule has 0 radical (unpaired) electrons. The zero-order valence-corrected chi connectivity index (χ0v) is 21.6. The molecular formula is C25H33F3N4O3S. The van der Waals surface area contributed by atoms with Crippen molar-refractivity contribution >= 4 is 11.3 Å². The average molecular weight is 527 g/mol. The van der Waals surface area contributed by atoms with E-state index < -0.39 is 34.9 Å². The third kappa shape index (κ3) is 5.48. The Morgan fingerprint density at radius 1 is 1.39 bits per heavy atom. The summed E-state index contributed by atoms with van der Waals surface area (Å²) in [7, 11) is 0. The largest absolute Gasteiger partial charge is 0.425 e. The van der Waals surface area contributed by atoms with Gasteiger partial charge in [0, 0.05) is 55.2 Å². The fourth-order valence-electron chi connectivity index (χ4n) is 5.49. The van der Waals surface area contributed by atoms with E-state index in [2.05, 4.69) is 21.8 Å². The molecule has 2 aromatic rings. The average Bonchev–Trinajstić information content (AvgIpc) is 3.40. The molecule has 0 aromatic carbocycles. The van der Waals surface area contributed by atoms with E-state index in [1.807, 2.05) is 6.20 Å². The van der Waals surface area contributed by atoms with Crippen LogP contribution in [0.2, 0.25) is 0 Å². The molecule has 0 saturated carbocycles. The Balaban J connectivity index is 1.44. The highest BCUT2D eigenvalue weighted by atomic mass is 32.1. The first-order chi connectivity index (χ1) is 16.9. The molecule has 198 valence electrons. The summed E-state index contributed by atoms with van der Waals surface area (Å²) in [6, 6.07) is 0.0621. The Morgan fingerprint density at radius 2 is 2.14 bits per heavy atom. The lowest BCUT2D eigenvalue weighted by molar-refractivity contribution is -0.135. The van der Waals surface area contributed by atoms with Gasteiger partial charge < -0.3 is 19.8 Å². The van der Waals surface area contributed by atoms with Crippen LogP contribution in [0.4, 0.5) is 13.2 Å². The van der Waals surface area contributed by atoms with E-state index in [0.717, 1.165) is 16.9 Å². The monoisotopic (exact) mass is 526 g/mol. The molecule has 1 fully saturated rings. The molecule has 0 amide bonds. The Kier molecular flexibility index (Phi) is 7.57. The summed E-state index contributed by atoms with van der Waals surface area (Å²) >= 11 is 0.736. The lowest BCUT2D eigenvalue weighted by Crippen LogP contribution is -2.50. The molecule has 2 aromatic heterocycles. The first-order valence-corrected chi connectivity index (χ1v) is 13.0. The number of aromatic nitrogens is 2. The van der Waals surface area contributed by atoms with Gasteiger partial charge in [-0.25, -0.2) is 6.57 Å². The molecule has 1 saturated heterocycles. The number of aliphatic hydroxyl groups excluding tert-OH is 2. The number of fused-ring (bicyclic) bond motifs is 2. The van der Waals surface area contributed by atoms with Crippen molar-refractivity contribution in [1.82, 2.24) is 14.7 Å². The summed E-state index contributed by atoms with van der Waals surface area (Å²) in [5.74, 6) is 0. The topological polar surface area (TPSA) is 75.1 Å². The zero-order chi connectivity index (χ0) is 26.3. The van der Waals surface area contributed by atoms with Crippen molar-refractivity contribution in [3.8, 4) is 0 Å². The van der Waals surface area contributed by atoms with Crippen LogP contribution in [0.5, 0.6) is 0 Å². The summed E-state index contributed by atoms with van der Waals surface area (Å²) < 4.78 is 48.8. The number of aliphatic hydroxyl groups is 2. The highest BCUT2D eigenvalue weighted by molar-refractivity contribution is 7.12. The molecular weight excluding hydrogens is 493 g/mol. The van der Waals surface area contributed by atoms with Crippen molar-refractivity contribution < 1.29 is 28.1 Å². The maximum absolute atomic E-state index is 13.7. The van der Waals surface area contributed by atoms with E-state index >= 15 is 0 Å². The third-order valence-electron chi connectivity index (χ3n) is 7.24. The second-order valence-electron chi connectivity index (χ2n) is 10.6. The van der Waals surface area contributed by atoms with E-state index in [0.29, 0.717) is 62.4 Å². The predicted octanol–water partition coefficient (Wildman–Crippen LogP) is 4.36. The highest BCUT2D eigenvalue weighted by Crippen LogP contribution is 2.51. The van der Waals surface area contributed by atoms with Crippen molar-refractivity contribution in [3.63, 3.8) is 0 Å². The first kappa shape index (κ1) is 27.1. The van der Waals surface area contributed by atoms with Gasteiger partial charge in [0.1, 0.15) is 10.5 Å². The normalized spacial score (nSPS) is 24.0. The fraction of sp³-hybridized carbons (Fsp3) is 0.680. The van der Waals surface area contributed by atoms with E-state index in [9.17, 15) is 23.4 Å². The minimum atomic E-state index is -4.49. The van der Waals surface area contributed by atoms with Crippen LogP contribution in [0.25, 0.3) is 4.85 Å². The number of hydrogen-bond donors (Lipinski definition) is 2. The van der Waals surface area contributed by atoms with Crippen LogP contribution in [-0.4, -0.2) is 55.7 Å². The molecule has 2 aliphatic rings. The second-order valence-corrected chi connectivity index (χ2v) is 11.6. The summed E-state index contributed by atoms with van der Waals surface area (Å²) in [5.41, 5.74) is 0.220. The Labute approximate surface area is 213 Å². The lowest BCUT2D eigenvalue weighted by Gasteiger charge is -2.47. The molecule has 2 N–H and O–H groups in total. The second kappa shape index (κ2) is 10.1. The van der Waals surface area contributed by atoms with Gasteiger partial charge in [0.25, 0.3) is 0 Å².